The number of hydrogen-bond donors (Lipinski definition) is 2. The number of aromatic nitrogens is 1. The van der Waals surface area contributed by atoms with E-state index in [9.17, 15) is 9.59 Å². The molecule has 2 aliphatic rings. The van der Waals surface area contributed by atoms with Gasteiger partial charge in [0.25, 0.3) is 0 Å². The molecular formula is C19H29N3O3. The Bertz CT molecular complexity index is 592. The van der Waals surface area contributed by atoms with Gasteiger partial charge in [-0.1, -0.05) is 24.4 Å². The molecular weight excluding hydrogens is 318 g/mol. The molecule has 6 nitrogen and oxygen atoms in total. The molecule has 0 spiro atoms. The Kier molecular flexibility index (Phi) is 6.24. The first-order valence-electron chi connectivity index (χ1n) is 9.58. The molecule has 1 saturated heterocycles. The molecule has 0 unspecified atom stereocenters. The minimum Gasteiger partial charge on any atom is -0.353 e. The Labute approximate surface area is 149 Å². The van der Waals surface area contributed by atoms with Gasteiger partial charge in [0.2, 0.25) is 11.7 Å². The van der Waals surface area contributed by atoms with Gasteiger partial charge in [0.15, 0.2) is 5.78 Å². The van der Waals surface area contributed by atoms with E-state index in [0.717, 1.165) is 44.5 Å². The van der Waals surface area contributed by atoms with Crippen molar-refractivity contribution in [2.24, 2.45) is 11.8 Å². The van der Waals surface area contributed by atoms with Crippen molar-refractivity contribution in [3.63, 3.8) is 0 Å². The van der Waals surface area contributed by atoms with E-state index in [4.69, 9.17) is 4.52 Å². The third-order valence-corrected chi connectivity index (χ3v) is 5.56. The third kappa shape index (κ3) is 5.14. The van der Waals surface area contributed by atoms with E-state index in [1.54, 1.807) is 6.07 Å². The van der Waals surface area contributed by atoms with Crippen molar-refractivity contribution in [2.75, 3.05) is 13.1 Å². The number of nitrogens with zero attached hydrogens (tertiary/aromatic N) is 1. The molecule has 3 rings (SSSR count). The number of hydrogen-bond acceptors (Lipinski definition) is 5. The van der Waals surface area contributed by atoms with Gasteiger partial charge in [0.05, 0.1) is 5.69 Å². The summed E-state index contributed by atoms with van der Waals surface area (Å²) in [7, 11) is 0. The van der Waals surface area contributed by atoms with E-state index >= 15 is 0 Å². The third-order valence-electron chi connectivity index (χ3n) is 5.56. The lowest BCUT2D eigenvalue weighted by Crippen LogP contribution is -2.42. The van der Waals surface area contributed by atoms with Crippen LogP contribution in [0, 0.1) is 11.8 Å². The zero-order valence-corrected chi connectivity index (χ0v) is 15.1. The van der Waals surface area contributed by atoms with Crippen LogP contribution in [-0.4, -0.2) is 36.0 Å². The fourth-order valence-corrected chi connectivity index (χ4v) is 4.10. The molecule has 0 bridgehead atoms. The van der Waals surface area contributed by atoms with Gasteiger partial charge in [-0.15, -0.1) is 0 Å². The summed E-state index contributed by atoms with van der Waals surface area (Å²) in [6, 6.07) is 2.10. The largest absolute Gasteiger partial charge is 0.353 e. The second-order valence-electron chi connectivity index (χ2n) is 7.56. The monoisotopic (exact) mass is 347 g/mol. The molecule has 2 heterocycles. The molecule has 138 valence electrons. The molecule has 0 radical (unpaired) electrons. The molecule has 1 aromatic heterocycles. The maximum absolute atomic E-state index is 12.5. The number of piperidine rings is 1. The van der Waals surface area contributed by atoms with Crippen LogP contribution in [0.3, 0.4) is 0 Å². The average molecular weight is 347 g/mol. The zero-order chi connectivity index (χ0) is 17.6. The quantitative estimate of drug-likeness (QED) is 0.772. The zero-order valence-electron chi connectivity index (χ0n) is 15.1. The lowest BCUT2D eigenvalue weighted by molar-refractivity contribution is -0.123. The van der Waals surface area contributed by atoms with Crippen LogP contribution in [-0.2, 0) is 11.2 Å². The van der Waals surface area contributed by atoms with Gasteiger partial charge < -0.3 is 15.2 Å². The van der Waals surface area contributed by atoms with E-state index < -0.39 is 0 Å². The van der Waals surface area contributed by atoms with Crippen LogP contribution in [0.1, 0.15) is 68.1 Å². The summed E-state index contributed by atoms with van der Waals surface area (Å²) in [6.45, 7) is 3.31. The van der Waals surface area contributed by atoms with Gasteiger partial charge in [-0.25, -0.2) is 0 Å². The Hall–Kier alpha value is -1.69. The summed E-state index contributed by atoms with van der Waals surface area (Å²) in [5, 5.41) is 10.7. The van der Waals surface area contributed by atoms with E-state index in [1.807, 2.05) is 0 Å². The first-order valence-corrected chi connectivity index (χ1v) is 9.58. The normalized spacial score (nSPS) is 24.8. The highest BCUT2D eigenvalue weighted by Gasteiger charge is 2.29. The van der Waals surface area contributed by atoms with Crippen LogP contribution in [0.5, 0.6) is 0 Å². The van der Waals surface area contributed by atoms with Gasteiger partial charge in [-0.3, -0.25) is 9.59 Å². The fourth-order valence-electron chi connectivity index (χ4n) is 4.10. The number of amides is 1. The Morgan fingerprint density at radius 1 is 1.24 bits per heavy atom. The van der Waals surface area contributed by atoms with Gasteiger partial charge in [-0.05, 0) is 50.6 Å². The van der Waals surface area contributed by atoms with Crippen LogP contribution in [0.2, 0.25) is 0 Å². The predicted octanol–water partition coefficient (Wildman–Crippen LogP) is 2.48. The van der Waals surface area contributed by atoms with Gasteiger partial charge in [0.1, 0.15) is 0 Å². The van der Waals surface area contributed by atoms with Crippen LogP contribution >= 0.6 is 0 Å². The first kappa shape index (κ1) is 18.1. The summed E-state index contributed by atoms with van der Waals surface area (Å²) < 4.78 is 5.09. The SMILES string of the molecule is CC(=O)c1cc(C[C@@H]2CNCC[C@H]2CC(=O)NC2CCCCC2)no1. The molecule has 2 atom stereocenters. The van der Waals surface area contributed by atoms with Gasteiger partial charge in [-0.2, -0.15) is 0 Å². The molecule has 0 aromatic carbocycles. The minimum atomic E-state index is -0.107. The predicted molar refractivity (Wildman–Crippen MR) is 94.3 cm³/mol. The van der Waals surface area contributed by atoms with E-state index in [2.05, 4.69) is 15.8 Å². The summed E-state index contributed by atoms with van der Waals surface area (Å²) in [5.41, 5.74) is 0.802. The van der Waals surface area contributed by atoms with E-state index in [1.165, 1.54) is 26.2 Å². The number of carbonyl (C=O) groups is 2. The summed E-state index contributed by atoms with van der Waals surface area (Å²) in [6.07, 6.45) is 8.31. The van der Waals surface area contributed by atoms with Crippen molar-refractivity contribution < 1.29 is 14.1 Å². The summed E-state index contributed by atoms with van der Waals surface area (Å²) >= 11 is 0. The lowest BCUT2D eigenvalue weighted by Gasteiger charge is -2.32. The van der Waals surface area contributed by atoms with E-state index in [0.29, 0.717) is 30.1 Å². The second kappa shape index (κ2) is 8.61. The molecule has 1 aliphatic heterocycles. The number of nitrogens with one attached hydrogen (secondary N) is 2. The maximum Gasteiger partial charge on any atom is 0.220 e. The number of ketones is 1. The lowest BCUT2D eigenvalue weighted by atomic mass is 9.81. The molecule has 6 heteroatoms. The molecule has 1 saturated carbocycles. The Morgan fingerprint density at radius 2 is 2.04 bits per heavy atom. The van der Waals surface area contributed by atoms with Crippen LogP contribution in [0.15, 0.2) is 10.6 Å². The van der Waals surface area contributed by atoms with Crippen LogP contribution in [0.4, 0.5) is 0 Å². The van der Waals surface area contributed by atoms with Crippen LogP contribution < -0.4 is 10.6 Å². The Balaban J connectivity index is 1.54. The highest BCUT2D eigenvalue weighted by atomic mass is 16.5. The summed E-state index contributed by atoms with van der Waals surface area (Å²) in [5.74, 6) is 1.08. The topological polar surface area (TPSA) is 84.2 Å². The van der Waals surface area contributed by atoms with Crippen LogP contribution in [0.25, 0.3) is 0 Å². The average Bonchev–Trinajstić information content (AvgIpc) is 3.06. The Morgan fingerprint density at radius 3 is 2.76 bits per heavy atom. The van der Waals surface area contributed by atoms with Gasteiger partial charge in [0, 0.05) is 25.5 Å². The second-order valence-corrected chi connectivity index (χ2v) is 7.56. The van der Waals surface area contributed by atoms with Crippen molar-refractivity contribution in [3.05, 3.63) is 17.5 Å². The maximum atomic E-state index is 12.5. The van der Waals surface area contributed by atoms with E-state index in [-0.39, 0.29) is 11.7 Å². The summed E-state index contributed by atoms with van der Waals surface area (Å²) in [4.78, 5) is 23.8. The van der Waals surface area contributed by atoms with Crippen molar-refractivity contribution in [1.29, 1.82) is 0 Å². The van der Waals surface area contributed by atoms with Crippen molar-refractivity contribution in [3.8, 4) is 0 Å². The molecule has 2 N–H and O–H groups in total. The first-order chi connectivity index (χ1) is 12.1. The number of Topliss-reactive ketones (excluding diaryl/α,β-unsaturated/α-hetero) is 1. The smallest absolute Gasteiger partial charge is 0.220 e. The van der Waals surface area contributed by atoms with Crippen molar-refractivity contribution >= 4 is 11.7 Å². The molecule has 25 heavy (non-hydrogen) atoms. The highest BCUT2D eigenvalue weighted by molar-refractivity contribution is 5.91. The molecule has 2 fully saturated rings. The minimum absolute atomic E-state index is 0.107. The van der Waals surface area contributed by atoms with Crippen molar-refractivity contribution in [2.45, 2.75) is 64.3 Å². The highest BCUT2D eigenvalue weighted by Crippen LogP contribution is 2.27. The molecule has 1 aliphatic carbocycles. The molecule has 1 amide bonds. The fraction of sp³-hybridized carbons (Fsp3) is 0.737. The standard InChI is InChI=1S/C19H29N3O3/c1-13(23)18-11-17(22-25-18)9-15-12-20-8-7-14(15)10-19(24)21-16-5-3-2-4-6-16/h11,14-16,20H,2-10,12H2,1H3,(H,21,24)/t14-,15+/m0/s1. The number of rotatable bonds is 6. The van der Waals surface area contributed by atoms with Gasteiger partial charge >= 0.3 is 0 Å². The molecule has 1 aromatic rings. The van der Waals surface area contributed by atoms with Crippen molar-refractivity contribution in [1.82, 2.24) is 15.8 Å². The number of carbonyl (C=O) groups excluding carboxylic acids is 2.